The largest absolute Gasteiger partial charge is 0.453 e. The highest BCUT2D eigenvalue weighted by molar-refractivity contribution is 6.30. The summed E-state index contributed by atoms with van der Waals surface area (Å²) in [5.41, 5.74) is 12.8. The monoisotopic (exact) mass is 818 g/mol. The predicted octanol–water partition coefficient (Wildman–Crippen LogP) is 15.8. The van der Waals surface area contributed by atoms with Crippen molar-refractivity contribution in [2.75, 3.05) is 0 Å². The van der Waals surface area contributed by atoms with E-state index in [2.05, 4.69) is 211 Å². The van der Waals surface area contributed by atoms with E-state index in [9.17, 15) is 0 Å². The van der Waals surface area contributed by atoms with Gasteiger partial charge in [0.1, 0.15) is 11.3 Å². The SMILES string of the molecule is C=C/C=C\C(=C/C)c1cccc2c1oc1c(-n3c4ccccc4c4c5c6ccccc6n(-c6nc7c8ccccc8c8ccccc8c7nc6-c6ccccc6)c5ccc43)cccc12. The summed E-state index contributed by atoms with van der Waals surface area (Å²) >= 11 is 0. The van der Waals surface area contributed by atoms with Crippen LogP contribution in [0.2, 0.25) is 0 Å². The molecule has 4 aromatic heterocycles. The topological polar surface area (TPSA) is 48.8 Å². The molecule has 64 heavy (non-hydrogen) atoms. The molecule has 0 radical (unpaired) electrons. The first-order valence-corrected chi connectivity index (χ1v) is 21.7. The van der Waals surface area contributed by atoms with Crippen LogP contribution >= 0.6 is 0 Å². The Balaban J connectivity index is 1.14. The van der Waals surface area contributed by atoms with E-state index in [1.807, 2.05) is 6.08 Å². The highest BCUT2D eigenvalue weighted by Gasteiger charge is 2.26. The van der Waals surface area contributed by atoms with E-state index in [0.717, 1.165) is 121 Å². The number of allylic oxidation sites excluding steroid dienone is 5. The van der Waals surface area contributed by atoms with Crippen molar-refractivity contribution in [3.8, 4) is 22.8 Å². The quantitative estimate of drug-likeness (QED) is 0.124. The molecule has 13 rings (SSSR count). The molecule has 0 aliphatic carbocycles. The van der Waals surface area contributed by atoms with Gasteiger partial charge in [-0.05, 0) is 53.6 Å². The second-order valence-electron chi connectivity index (χ2n) is 16.4. The number of furan rings is 1. The van der Waals surface area contributed by atoms with Crippen LogP contribution in [-0.2, 0) is 0 Å². The fraction of sp³-hybridized carbons (Fsp3) is 0.0169. The van der Waals surface area contributed by atoms with Gasteiger partial charge in [-0.25, -0.2) is 9.97 Å². The summed E-state index contributed by atoms with van der Waals surface area (Å²) in [7, 11) is 0. The van der Waals surface area contributed by atoms with E-state index in [-0.39, 0.29) is 0 Å². The van der Waals surface area contributed by atoms with Gasteiger partial charge in [0.2, 0.25) is 0 Å². The van der Waals surface area contributed by atoms with Crippen LogP contribution in [0.25, 0.3) is 126 Å². The molecule has 0 N–H and O–H groups in total. The van der Waals surface area contributed by atoms with Gasteiger partial charge in [-0.1, -0.05) is 176 Å². The molecule has 9 aromatic carbocycles. The van der Waals surface area contributed by atoms with Crippen molar-refractivity contribution < 1.29 is 4.42 Å². The minimum atomic E-state index is 0.791. The molecular weight excluding hydrogens is 781 g/mol. The number of benzene rings is 9. The van der Waals surface area contributed by atoms with Crippen LogP contribution in [0.3, 0.4) is 0 Å². The van der Waals surface area contributed by atoms with Crippen molar-refractivity contribution in [1.82, 2.24) is 19.1 Å². The Morgan fingerprint density at radius 3 is 1.67 bits per heavy atom. The van der Waals surface area contributed by atoms with Gasteiger partial charge in [-0.3, -0.25) is 4.57 Å². The van der Waals surface area contributed by atoms with Gasteiger partial charge in [-0.2, -0.15) is 0 Å². The fourth-order valence-corrected chi connectivity index (χ4v) is 10.3. The zero-order valence-electron chi connectivity index (χ0n) is 35.0. The van der Waals surface area contributed by atoms with E-state index >= 15 is 0 Å². The van der Waals surface area contributed by atoms with E-state index in [4.69, 9.17) is 14.4 Å². The van der Waals surface area contributed by atoms with Gasteiger partial charge < -0.3 is 8.98 Å². The normalized spacial score (nSPS) is 12.5. The third-order valence-corrected chi connectivity index (χ3v) is 13.0. The molecule has 4 heterocycles. The molecule has 0 atom stereocenters. The van der Waals surface area contributed by atoms with E-state index < -0.39 is 0 Å². The van der Waals surface area contributed by atoms with E-state index in [1.165, 1.54) is 10.8 Å². The van der Waals surface area contributed by atoms with Crippen LogP contribution in [0.5, 0.6) is 0 Å². The molecule has 0 saturated heterocycles. The average molecular weight is 819 g/mol. The first kappa shape index (κ1) is 36.1. The number of fused-ring (bicyclic) bond motifs is 16. The summed E-state index contributed by atoms with van der Waals surface area (Å²) < 4.78 is 11.8. The predicted molar refractivity (Wildman–Crippen MR) is 269 cm³/mol. The summed E-state index contributed by atoms with van der Waals surface area (Å²) in [5, 5.41) is 11.3. The lowest BCUT2D eigenvalue weighted by Gasteiger charge is -2.16. The van der Waals surface area contributed by atoms with Gasteiger partial charge in [0.25, 0.3) is 0 Å². The van der Waals surface area contributed by atoms with Crippen molar-refractivity contribution in [2.24, 2.45) is 0 Å². The lowest BCUT2D eigenvalue weighted by Crippen LogP contribution is -2.04. The number of rotatable bonds is 6. The lowest BCUT2D eigenvalue weighted by atomic mass is 9.99. The summed E-state index contributed by atoms with van der Waals surface area (Å²) in [6.45, 7) is 5.96. The van der Waals surface area contributed by atoms with Gasteiger partial charge in [0, 0.05) is 54.2 Å². The Kier molecular flexibility index (Phi) is 7.90. The van der Waals surface area contributed by atoms with Gasteiger partial charge in [0.05, 0.1) is 38.8 Å². The van der Waals surface area contributed by atoms with Crippen molar-refractivity contribution >= 4 is 104 Å². The van der Waals surface area contributed by atoms with Crippen molar-refractivity contribution in [1.29, 1.82) is 0 Å². The molecule has 300 valence electrons. The number of para-hydroxylation sites is 4. The first-order valence-electron chi connectivity index (χ1n) is 21.7. The minimum absolute atomic E-state index is 0.791. The number of hydrogen-bond donors (Lipinski definition) is 0. The molecule has 0 amide bonds. The molecule has 13 aromatic rings. The van der Waals surface area contributed by atoms with Crippen molar-refractivity contribution in [3.63, 3.8) is 0 Å². The average Bonchev–Trinajstić information content (AvgIpc) is 4.02. The third kappa shape index (κ3) is 5.06. The van der Waals surface area contributed by atoms with E-state index in [1.54, 1.807) is 6.08 Å². The molecule has 0 saturated carbocycles. The lowest BCUT2D eigenvalue weighted by molar-refractivity contribution is 0.665. The molecule has 0 aliphatic rings. The number of hydrogen-bond acceptors (Lipinski definition) is 3. The second-order valence-corrected chi connectivity index (χ2v) is 16.4. The smallest absolute Gasteiger partial charge is 0.165 e. The Labute approximate surface area is 367 Å². The number of nitrogens with zero attached hydrogens (tertiary/aromatic N) is 4. The molecule has 0 spiro atoms. The van der Waals surface area contributed by atoms with Gasteiger partial charge in [0.15, 0.2) is 11.4 Å². The number of aromatic nitrogens is 4. The van der Waals surface area contributed by atoms with Crippen LogP contribution in [0.1, 0.15) is 12.5 Å². The van der Waals surface area contributed by atoms with Crippen LogP contribution in [0.4, 0.5) is 0 Å². The first-order chi connectivity index (χ1) is 31.7. The maximum Gasteiger partial charge on any atom is 0.165 e. The maximum atomic E-state index is 7.03. The van der Waals surface area contributed by atoms with Crippen LogP contribution in [-0.4, -0.2) is 19.1 Å². The Morgan fingerprint density at radius 1 is 0.484 bits per heavy atom. The van der Waals surface area contributed by atoms with Crippen molar-refractivity contribution in [3.05, 3.63) is 212 Å². The molecule has 0 fully saturated rings. The fourth-order valence-electron chi connectivity index (χ4n) is 10.3. The summed E-state index contributed by atoms with van der Waals surface area (Å²) in [5.74, 6) is 0.791. The highest BCUT2D eigenvalue weighted by Crippen LogP contribution is 2.46. The molecule has 5 heteroatoms. The van der Waals surface area contributed by atoms with Crippen LogP contribution in [0.15, 0.2) is 211 Å². The van der Waals surface area contributed by atoms with E-state index in [0.29, 0.717) is 0 Å². The van der Waals surface area contributed by atoms with Crippen molar-refractivity contribution in [2.45, 2.75) is 6.92 Å². The molecule has 0 aliphatic heterocycles. The third-order valence-electron chi connectivity index (χ3n) is 13.0. The Bertz CT molecular complexity index is 4160. The summed E-state index contributed by atoms with van der Waals surface area (Å²) in [6.07, 6.45) is 7.98. The summed E-state index contributed by atoms with van der Waals surface area (Å²) in [4.78, 5) is 11.4. The molecule has 5 nitrogen and oxygen atoms in total. The second kappa shape index (κ2) is 14.0. The Hall–Kier alpha value is -8.54. The van der Waals surface area contributed by atoms with Crippen LogP contribution in [0, 0.1) is 0 Å². The standard InChI is InChI=1S/C59H38N4O/c1-3-5-19-36(4-2)38-28-17-29-43-44-30-18-33-51(58(44)64-57(38)43)62-47-31-15-13-26-45(47)52-49(62)34-35-50-53(52)46-27-14-16-32-48(46)63(50)59-54(37-20-7-6-8-21-37)60-55-41-24-11-9-22-39(41)40-23-10-12-25-42(40)56(55)61-59/h3-35H,1H2,2H3/b19-5-,36-4+. The van der Waals surface area contributed by atoms with Crippen LogP contribution < -0.4 is 0 Å². The maximum absolute atomic E-state index is 7.03. The molecular formula is C59H38N4O. The zero-order chi connectivity index (χ0) is 42.5. The minimum Gasteiger partial charge on any atom is -0.453 e. The highest BCUT2D eigenvalue weighted by atomic mass is 16.3. The molecule has 0 bridgehead atoms. The Morgan fingerprint density at radius 2 is 1.02 bits per heavy atom. The van der Waals surface area contributed by atoms with Gasteiger partial charge >= 0.3 is 0 Å². The van der Waals surface area contributed by atoms with Gasteiger partial charge in [-0.15, -0.1) is 0 Å². The summed E-state index contributed by atoms with van der Waals surface area (Å²) in [6, 6.07) is 62.6. The molecule has 0 unspecified atom stereocenters. The zero-order valence-corrected chi connectivity index (χ0v) is 35.0.